The number of aryl methyl sites for hydroxylation is 1. The summed E-state index contributed by atoms with van der Waals surface area (Å²) in [4.78, 5) is 0. The molecule has 18 heavy (non-hydrogen) atoms. The van der Waals surface area contributed by atoms with Crippen molar-refractivity contribution < 1.29 is 13.2 Å². The molecule has 0 amide bonds. The molecule has 0 aliphatic carbocycles. The highest BCUT2D eigenvalue weighted by Crippen LogP contribution is 2.29. The van der Waals surface area contributed by atoms with E-state index in [1.807, 2.05) is 0 Å². The van der Waals surface area contributed by atoms with Crippen LogP contribution < -0.4 is 0 Å². The minimum atomic E-state index is -4.25. The molecule has 0 nitrogen and oxygen atoms in total. The van der Waals surface area contributed by atoms with E-state index in [-0.39, 0.29) is 5.38 Å². The van der Waals surface area contributed by atoms with Gasteiger partial charge >= 0.3 is 6.18 Å². The Morgan fingerprint density at radius 2 is 1.67 bits per heavy atom. The van der Waals surface area contributed by atoms with E-state index in [1.54, 1.807) is 12.1 Å². The maximum absolute atomic E-state index is 12.3. The van der Waals surface area contributed by atoms with Crippen molar-refractivity contribution in [2.45, 2.75) is 44.7 Å². The van der Waals surface area contributed by atoms with Crippen LogP contribution in [-0.4, -0.2) is 5.38 Å². The van der Waals surface area contributed by atoms with Crippen molar-refractivity contribution in [2.75, 3.05) is 0 Å². The van der Waals surface area contributed by atoms with E-state index in [9.17, 15) is 13.2 Å². The van der Waals surface area contributed by atoms with Crippen LogP contribution in [0.15, 0.2) is 24.3 Å². The second-order valence-corrected chi connectivity index (χ2v) is 5.41. The van der Waals surface area contributed by atoms with E-state index in [4.69, 9.17) is 11.6 Å². The molecule has 1 aromatic carbocycles. The fourth-order valence-corrected chi connectivity index (χ4v) is 1.85. The normalized spacial score (nSPS) is 13.9. The lowest BCUT2D eigenvalue weighted by molar-refractivity contribution is -0.137. The Morgan fingerprint density at radius 3 is 2.11 bits per heavy atom. The van der Waals surface area contributed by atoms with Crippen molar-refractivity contribution in [2.24, 2.45) is 5.92 Å². The first-order chi connectivity index (χ1) is 8.30. The molecular weight excluding hydrogens is 261 g/mol. The SMILES string of the molecule is CC(C)C(Cl)CCCc1ccc(C(F)(F)F)cc1. The van der Waals surface area contributed by atoms with Crippen LogP contribution in [0.1, 0.15) is 37.8 Å². The second-order valence-electron chi connectivity index (χ2n) is 4.85. The average molecular weight is 279 g/mol. The molecule has 0 aliphatic heterocycles. The van der Waals surface area contributed by atoms with Gasteiger partial charge in [-0.05, 0) is 42.9 Å². The molecule has 0 saturated carbocycles. The number of rotatable bonds is 5. The zero-order valence-corrected chi connectivity index (χ0v) is 11.4. The number of halogens is 4. The van der Waals surface area contributed by atoms with Gasteiger partial charge in [0.15, 0.2) is 0 Å². The maximum Gasteiger partial charge on any atom is 0.416 e. The van der Waals surface area contributed by atoms with Gasteiger partial charge in [0, 0.05) is 5.38 Å². The summed E-state index contributed by atoms with van der Waals surface area (Å²) in [7, 11) is 0. The van der Waals surface area contributed by atoms with Gasteiger partial charge < -0.3 is 0 Å². The molecule has 0 bridgehead atoms. The maximum atomic E-state index is 12.3. The quantitative estimate of drug-likeness (QED) is 0.642. The molecule has 102 valence electrons. The largest absolute Gasteiger partial charge is 0.416 e. The Hall–Kier alpha value is -0.700. The predicted octanol–water partition coefficient (Wildman–Crippen LogP) is 5.29. The summed E-state index contributed by atoms with van der Waals surface area (Å²) in [6.07, 6.45) is -1.69. The van der Waals surface area contributed by atoms with Crippen molar-refractivity contribution in [3.05, 3.63) is 35.4 Å². The van der Waals surface area contributed by atoms with Crippen LogP contribution >= 0.6 is 11.6 Å². The minimum absolute atomic E-state index is 0.138. The zero-order valence-electron chi connectivity index (χ0n) is 10.6. The molecule has 0 N–H and O–H groups in total. The predicted molar refractivity (Wildman–Crippen MR) is 68.9 cm³/mol. The molecule has 0 saturated heterocycles. The van der Waals surface area contributed by atoms with Gasteiger partial charge in [0.1, 0.15) is 0 Å². The summed E-state index contributed by atoms with van der Waals surface area (Å²) in [5, 5.41) is 0.138. The Bertz CT molecular complexity index is 354. The van der Waals surface area contributed by atoms with Gasteiger partial charge in [0.25, 0.3) is 0 Å². The highest BCUT2D eigenvalue weighted by molar-refractivity contribution is 6.20. The molecule has 0 fully saturated rings. The second kappa shape index (κ2) is 6.46. The molecule has 4 heteroatoms. The van der Waals surface area contributed by atoms with E-state index in [0.29, 0.717) is 5.92 Å². The van der Waals surface area contributed by atoms with Gasteiger partial charge in [-0.3, -0.25) is 0 Å². The molecule has 1 aromatic rings. The fourth-order valence-electron chi connectivity index (χ4n) is 1.69. The number of hydrogen-bond acceptors (Lipinski definition) is 0. The summed E-state index contributed by atoms with van der Waals surface area (Å²) in [5.74, 6) is 0.430. The topological polar surface area (TPSA) is 0 Å². The Kier molecular flexibility index (Phi) is 5.51. The fraction of sp³-hybridized carbons (Fsp3) is 0.571. The first-order valence-corrected chi connectivity index (χ1v) is 6.54. The third-order valence-electron chi connectivity index (χ3n) is 2.95. The molecular formula is C14H18ClF3. The molecule has 0 aromatic heterocycles. The van der Waals surface area contributed by atoms with Gasteiger partial charge in [-0.15, -0.1) is 11.6 Å². The molecule has 1 rings (SSSR count). The van der Waals surface area contributed by atoms with Crippen molar-refractivity contribution >= 4 is 11.6 Å². The van der Waals surface area contributed by atoms with Gasteiger partial charge in [-0.2, -0.15) is 13.2 Å². The van der Waals surface area contributed by atoms with Crippen molar-refractivity contribution in [3.8, 4) is 0 Å². The first-order valence-electron chi connectivity index (χ1n) is 6.11. The van der Waals surface area contributed by atoms with Crippen LogP contribution in [0.5, 0.6) is 0 Å². The number of hydrogen-bond donors (Lipinski definition) is 0. The van der Waals surface area contributed by atoms with Crippen molar-refractivity contribution in [1.82, 2.24) is 0 Å². The van der Waals surface area contributed by atoms with Crippen LogP contribution in [0.3, 0.4) is 0 Å². The summed E-state index contributed by atoms with van der Waals surface area (Å²) in [5.41, 5.74) is 0.333. The summed E-state index contributed by atoms with van der Waals surface area (Å²) >= 11 is 6.12. The van der Waals surface area contributed by atoms with Gasteiger partial charge in [0.2, 0.25) is 0 Å². The van der Waals surface area contributed by atoms with Gasteiger partial charge in [-0.1, -0.05) is 26.0 Å². The minimum Gasteiger partial charge on any atom is -0.166 e. The molecule has 1 atom stereocenters. The molecule has 0 aliphatic rings. The first kappa shape index (κ1) is 15.4. The van der Waals surface area contributed by atoms with Crippen LogP contribution in [0.2, 0.25) is 0 Å². The van der Waals surface area contributed by atoms with E-state index in [0.717, 1.165) is 37.0 Å². The van der Waals surface area contributed by atoms with Crippen LogP contribution in [0.25, 0.3) is 0 Å². The number of benzene rings is 1. The highest BCUT2D eigenvalue weighted by Gasteiger charge is 2.29. The van der Waals surface area contributed by atoms with Gasteiger partial charge in [0.05, 0.1) is 5.56 Å². The summed E-state index contributed by atoms with van der Waals surface area (Å²) in [6.45, 7) is 4.13. The Balaban J connectivity index is 2.45. The third kappa shape index (κ3) is 4.89. The van der Waals surface area contributed by atoms with E-state index < -0.39 is 11.7 Å². The lowest BCUT2D eigenvalue weighted by Gasteiger charge is -2.13. The Labute approximate surface area is 111 Å². The third-order valence-corrected chi connectivity index (χ3v) is 3.67. The van der Waals surface area contributed by atoms with Crippen LogP contribution in [0.4, 0.5) is 13.2 Å². The van der Waals surface area contributed by atoms with Crippen molar-refractivity contribution in [1.29, 1.82) is 0 Å². The van der Waals surface area contributed by atoms with E-state index in [1.165, 1.54) is 0 Å². The monoisotopic (exact) mass is 278 g/mol. The molecule has 0 spiro atoms. The van der Waals surface area contributed by atoms with E-state index in [2.05, 4.69) is 13.8 Å². The van der Waals surface area contributed by atoms with E-state index >= 15 is 0 Å². The molecule has 1 unspecified atom stereocenters. The Morgan fingerprint density at radius 1 is 1.11 bits per heavy atom. The lowest BCUT2D eigenvalue weighted by atomic mass is 10.0. The molecule has 0 heterocycles. The highest BCUT2D eigenvalue weighted by atomic mass is 35.5. The van der Waals surface area contributed by atoms with Crippen molar-refractivity contribution in [3.63, 3.8) is 0 Å². The standard InChI is InChI=1S/C14H18ClF3/c1-10(2)13(15)5-3-4-11-6-8-12(9-7-11)14(16,17)18/h6-10,13H,3-5H2,1-2H3. The zero-order chi connectivity index (χ0) is 13.8. The lowest BCUT2D eigenvalue weighted by Crippen LogP contribution is -2.08. The molecule has 0 radical (unpaired) electrons. The summed E-state index contributed by atoms with van der Waals surface area (Å²) < 4.78 is 37.0. The average Bonchev–Trinajstić information content (AvgIpc) is 2.28. The summed E-state index contributed by atoms with van der Waals surface area (Å²) in [6, 6.07) is 5.36. The van der Waals surface area contributed by atoms with Gasteiger partial charge in [-0.25, -0.2) is 0 Å². The van der Waals surface area contributed by atoms with Crippen LogP contribution in [-0.2, 0) is 12.6 Å². The smallest absolute Gasteiger partial charge is 0.166 e. The van der Waals surface area contributed by atoms with Crippen LogP contribution in [0, 0.1) is 5.92 Å². The number of alkyl halides is 4.